The minimum atomic E-state index is -0.384. The Labute approximate surface area is 128 Å². The average Bonchev–Trinajstić information content (AvgIpc) is 2.82. The summed E-state index contributed by atoms with van der Waals surface area (Å²) in [6, 6.07) is 4.77. The first-order valence-electron chi connectivity index (χ1n) is 6.46. The highest BCUT2D eigenvalue weighted by Crippen LogP contribution is 2.23. The van der Waals surface area contributed by atoms with E-state index in [1.165, 1.54) is 6.07 Å². The van der Waals surface area contributed by atoms with E-state index in [2.05, 4.69) is 36.5 Å². The summed E-state index contributed by atoms with van der Waals surface area (Å²) < 4.78 is 13.0. The van der Waals surface area contributed by atoms with Crippen molar-refractivity contribution in [3.05, 3.63) is 50.7 Å². The van der Waals surface area contributed by atoms with Crippen LogP contribution in [0.4, 0.5) is 4.39 Å². The third kappa shape index (κ3) is 4.01. The van der Waals surface area contributed by atoms with Gasteiger partial charge in [0.25, 0.3) is 0 Å². The maximum Gasteiger partial charge on any atom is 0.141 e. The average molecular weight is 313 g/mol. The first-order valence-corrected chi connectivity index (χ1v) is 7.71. The second kappa shape index (κ2) is 6.20. The molecule has 1 aromatic heterocycles. The van der Waals surface area contributed by atoms with Crippen LogP contribution in [0, 0.1) is 5.82 Å². The van der Waals surface area contributed by atoms with E-state index in [-0.39, 0.29) is 16.3 Å². The number of aromatic nitrogens is 1. The third-order valence-corrected chi connectivity index (χ3v) is 4.05. The number of nitrogens with one attached hydrogen (secondary N) is 1. The molecule has 0 unspecified atom stereocenters. The lowest BCUT2D eigenvalue weighted by molar-refractivity contribution is 0.568. The number of rotatable bonds is 4. The van der Waals surface area contributed by atoms with E-state index >= 15 is 0 Å². The zero-order valence-corrected chi connectivity index (χ0v) is 13.4. The summed E-state index contributed by atoms with van der Waals surface area (Å²) in [6.07, 6.45) is 0. The van der Waals surface area contributed by atoms with Crippen LogP contribution in [0.5, 0.6) is 0 Å². The lowest BCUT2D eigenvalue weighted by atomic mass is 9.93. The van der Waals surface area contributed by atoms with Gasteiger partial charge in [0.2, 0.25) is 0 Å². The van der Waals surface area contributed by atoms with Crippen molar-refractivity contribution in [3.63, 3.8) is 0 Å². The number of hydrogen-bond donors (Lipinski definition) is 1. The molecule has 20 heavy (non-hydrogen) atoms. The topological polar surface area (TPSA) is 24.9 Å². The first kappa shape index (κ1) is 15.4. The van der Waals surface area contributed by atoms with Crippen LogP contribution < -0.4 is 5.32 Å². The second-order valence-electron chi connectivity index (χ2n) is 5.73. The standard InChI is InChI=1S/C15H18ClFN2S/c1-15(2,3)13-9-20-14(19-13)8-18-7-10-4-5-12(17)11(16)6-10/h4-6,9,18H,7-8H2,1-3H3. The van der Waals surface area contributed by atoms with Crippen molar-refractivity contribution in [2.45, 2.75) is 39.3 Å². The minimum absolute atomic E-state index is 0.0826. The van der Waals surface area contributed by atoms with Crippen molar-refractivity contribution in [2.75, 3.05) is 0 Å². The van der Waals surface area contributed by atoms with Gasteiger partial charge in [-0.1, -0.05) is 38.4 Å². The smallest absolute Gasteiger partial charge is 0.141 e. The lowest BCUT2D eigenvalue weighted by Gasteiger charge is -2.14. The fourth-order valence-electron chi connectivity index (χ4n) is 1.70. The molecule has 0 fully saturated rings. The molecule has 108 valence electrons. The Kier molecular flexibility index (Phi) is 4.78. The first-order chi connectivity index (χ1) is 9.36. The monoisotopic (exact) mass is 312 g/mol. The predicted molar refractivity (Wildman–Crippen MR) is 82.8 cm³/mol. The molecule has 2 aromatic rings. The summed E-state index contributed by atoms with van der Waals surface area (Å²) in [5, 5.41) is 6.62. The highest BCUT2D eigenvalue weighted by atomic mass is 35.5. The van der Waals surface area contributed by atoms with Gasteiger partial charge < -0.3 is 5.32 Å². The van der Waals surface area contributed by atoms with E-state index in [0.29, 0.717) is 13.1 Å². The fourth-order valence-corrected chi connectivity index (χ4v) is 2.89. The number of nitrogens with zero attached hydrogens (tertiary/aromatic N) is 1. The summed E-state index contributed by atoms with van der Waals surface area (Å²) in [4.78, 5) is 4.61. The van der Waals surface area contributed by atoms with E-state index in [1.807, 2.05) is 0 Å². The lowest BCUT2D eigenvalue weighted by Crippen LogP contribution is -2.14. The van der Waals surface area contributed by atoms with Crippen LogP contribution in [0.3, 0.4) is 0 Å². The van der Waals surface area contributed by atoms with Crippen LogP contribution in [0.2, 0.25) is 5.02 Å². The fraction of sp³-hybridized carbons (Fsp3) is 0.400. The van der Waals surface area contributed by atoms with Crippen molar-refractivity contribution < 1.29 is 4.39 Å². The molecule has 1 heterocycles. The summed E-state index contributed by atoms with van der Waals surface area (Å²) in [5.74, 6) is -0.384. The van der Waals surface area contributed by atoms with Gasteiger partial charge in [0.15, 0.2) is 0 Å². The van der Waals surface area contributed by atoms with Crippen LogP contribution in [-0.2, 0) is 18.5 Å². The van der Waals surface area contributed by atoms with Gasteiger partial charge in [0, 0.05) is 23.9 Å². The molecule has 0 spiro atoms. The van der Waals surface area contributed by atoms with Gasteiger partial charge in [0.1, 0.15) is 10.8 Å². The highest BCUT2D eigenvalue weighted by molar-refractivity contribution is 7.09. The summed E-state index contributed by atoms with van der Waals surface area (Å²) in [6.45, 7) is 7.81. The van der Waals surface area contributed by atoms with Crippen LogP contribution in [0.25, 0.3) is 0 Å². The molecule has 0 atom stereocenters. The third-order valence-electron chi connectivity index (χ3n) is 2.91. The normalized spacial score (nSPS) is 11.8. The molecule has 0 aliphatic rings. The largest absolute Gasteiger partial charge is 0.306 e. The molecule has 0 amide bonds. The van der Waals surface area contributed by atoms with Gasteiger partial charge in [-0.05, 0) is 17.7 Å². The quantitative estimate of drug-likeness (QED) is 0.897. The van der Waals surface area contributed by atoms with Crippen molar-refractivity contribution >= 4 is 22.9 Å². The number of thiazole rings is 1. The molecule has 5 heteroatoms. The molecule has 2 rings (SSSR count). The van der Waals surface area contributed by atoms with Crippen LogP contribution in [0.1, 0.15) is 37.0 Å². The Morgan fingerprint density at radius 2 is 2.05 bits per heavy atom. The highest BCUT2D eigenvalue weighted by Gasteiger charge is 2.17. The van der Waals surface area contributed by atoms with Crippen molar-refractivity contribution in [1.82, 2.24) is 10.3 Å². The Balaban J connectivity index is 1.89. The Hall–Kier alpha value is -0.970. The van der Waals surface area contributed by atoms with E-state index < -0.39 is 0 Å². The van der Waals surface area contributed by atoms with E-state index in [9.17, 15) is 4.39 Å². The summed E-state index contributed by atoms with van der Waals surface area (Å²) in [5.41, 5.74) is 2.16. The predicted octanol–water partition coefficient (Wildman–Crippen LogP) is 4.52. The number of hydrogen-bond acceptors (Lipinski definition) is 3. The number of halogens is 2. The molecular weight excluding hydrogens is 295 g/mol. The van der Waals surface area contributed by atoms with Crippen LogP contribution >= 0.6 is 22.9 Å². The molecule has 0 radical (unpaired) electrons. The van der Waals surface area contributed by atoms with Crippen LogP contribution in [-0.4, -0.2) is 4.98 Å². The van der Waals surface area contributed by atoms with Crippen molar-refractivity contribution in [2.24, 2.45) is 0 Å². The molecule has 0 aliphatic heterocycles. The molecule has 0 saturated carbocycles. The molecule has 0 saturated heterocycles. The summed E-state index contributed by atoms with van der Waals surface area (Å²) in [7, 11) is 0. The van der Waals surface area contributed by atoms with E-state index in [1.54, 1.807) is 23.5 Å². The maximum absolute atomic E-state index is 13.0. The van der Waals surface area contributed by atoms with Gasteiger partial charge in [-0.3, -0.25) is 0 Å². The molecule has 2 nitrogen and oxygen atoms in total. The molecule has 1 aromatic carbocycles. The van der Waals surface area contributed by atoms with Crippen LogP contribution in [0.15, 0.2) is 23.6 Å². The zero-order chi connectivity index (χ0) is 14.8. The van der Waals surface area contributed by atoms with E-state index in [0.717, 1.165) is 16.3 Å². The summed E-state index contributed by atoms with van der Waals surface area (Å²) >= 11 is 7.41. The van der Waals surface area contributed by atoms with Gasteiger partial charge in [-0.2, -0.15) is 0 Å². The van der Waals surface area contributed by atoms with Crippen molar-refractivity contribution in [3.8, 4) is 0 Å². The van der Waals surface area contributed by atoms with Gasteiger partial charge in [-0.25, -0.2) is 9.37 Å². The molecule has 0 aliphatic carbocycles. The van der Waals surface area contributed by atoms with Gasteiger partial charge in [-0.15, -0.1) is 11.3 Å². The second-order valence-corrected chi connectivity index (χ2v) is 7.08. The number of benzene rings is 1. The van der Waals surface area contributed by atoms with Crippen molar-refractivity contribution in [1.29, 1.82) is 0 Å². The van der Waals surface area contributed by atoms with Gasteiger partial charge in [0.05, 0.1) is 10.7 Å². The Bertz CT molecular complexity index is 590. The van der Waals surface area contributed by atoms with E-state index in [4.69, 9.17) is 11.6 Å². The minimum Gasteiger partial charge on any atom is -0.306 e. The van der Waals surface area contributed by atoms with Gasteiger partial charge >= 0.3 is 0 Å². The SMILES string of the molecule is CC(C)(C)c1csc(CNCc2ccc(F)c(Cl)c2)n1. The zero-order valence-electron chi connectivity index (χ0n) is 11.8. The molecule has 0 bridgehead atoms. The Morgan fingerprint density at radius 3 is 2.65 bits per heavy atom. The molecule has 1 N–H and O–H groups in total. The Morgan fingerprint density at radius 1 is 1.30 bits per heavy atom. The molecular formula is C15H18ClFN2S. The maximum atomic E-state index is 13.0.